The Hall–Kier alpha value is -1.10. The van der Waals surface area contributed by atoms with Gasteiger partial charge in [0.1, 0.15) is 0 Å². The first-order valence-corrected chi connectivity index (χ1v) is 6.73. The van der Waals surface area contributed by atoms with Gasteiger partial charge in [-0.3, -0.25) is 0 Å². The minimum Gasteiger partial charge on any atom is -0.394 e. The van der Waals surface area contributed by atoms with Crippen molar-refractivity contribution >= 4 is 5.69 Å². The molecule has 4 heteroatoms. The molecule has 2 atom stereocenters. The number of aliphatic hydroxyl groups is 2. The van der Waals surface area contributed by atoms with Crippen LogP contribution >= 0.6 is 0 Å². The molecule has 106 valence electrons. The second-order valence-corrected chi connectivity index (χ2v) is 5.83. The molecule has 0 aromatic heterocycles. The molecule has 1 aliphatic rings. The lowest BCUT2D eigenvalue weighted by Gasteiger charge is -2.43. The lowest BCUT2D eigenvalue weighted by atomic mass is 10.0. The lowest BCUT2D eigenvalue weighted by molar-refractivity contribution is -0.101. The summed E-state index contributed by atoms with van der Waals surface area (Å²) in [6.07, 6.45) is -0.597. The molecule has 19 heavy (non-hydrogen) atoms. The summed E-state index contributed by atoms with van der Waals surface area (Å²) in [5.41, 5.74) is 1.74. The van der Waals surface area contributed by atoms with Gasteiger partial charge >= 0.3 is 0 Å². The summed E-state index contributed by atoms with van der Waals surface area (Å²) in [5, 5.41) is 18.8. The van der Waals surface area contributed by atoms with Gasteiger partial charge in [0.2, 0.25) is 0 Å². The molecular weight excluding hydrogens is 242 g/mol. The first kappa shape index (κ1) is 14.3. The number of morpholine rings is 1. The van der Waals surface area contributed by atoms with Crippen molar-refractivity contribution in [3.63, 3.8) is 0 Å². The third-order valence-corrected chi connectivity index (χ3v) is 3.43. The highest BCUT2D eigenvalue weighted by Gasteiger charge is 2.33. The zero-order chi connectivity index (χ0) is 14.0. The van der Waals surface area contributed by atoms with Crippen molar-refractivity contribution < 1.29 is 14.9 Å². The molecule has 0 aliphatic carbocycles. The third kappa shape index (κ3) is 3.47. The number of anilines is 1. The van der Waals surface area contributed by atoms with E-state index in [0.717, 1.165) is 17.8 Å². The van der Waals surface area contributed by atoms with E-state index in [4.69, 9.17) is 4.74 Å². The Kier molecular flexibility index (Phi) is 4.13. The molecular formula is C15H23NO3. The van der Waals surface area contributed by atoms with Gasteiger partial charge in [-0.1, -0.05) is 12.1 Å². The minimum atomic E-state index is -0.444. The third-order valence-electron chi connectivity index (χ3n) is 3.43. The number of benzene rings is 1. The Balaban J connectivity index is 2.16. The molecule has 0 amide bonds. The van der Waals surface area contributed by atoms with Crippen LogP contribution in [0.4, 0.5) is 5.69 Å². The smallest absolute Gasteiger partial charge is 0.0988 e. The van der Waals surface area contributed by atoms with Gasteiger partial charge in [-0.15, -0.1) is 0 Å². The van der Waals surface area contributed by atoms with Crippen molar-refractivity contribution in [2.75, 3.05) is 24.6 Å². The molecule has 4 nitrogen and oxygen atoms in total. The number of hydrogen-bond acceptors (Lipinski definition) is 4. The fourth-order valence-electron chi connectivity index (χ4n) is 2.55. The lowest BCUT2D eigenvalue weighted by Crippen LogP contribution is -2.54. The van der Waals surface area contributed by atoms with E-state index in [1.54, 1.807) is 6.92 Å². The van der Waals surface area contributed by atoms with E-state index in [1.807, 2.05) is 38.1 Å². The van der Waals surface area contributed by atoms with Crippen molar-refractivity contribution in [3.8, 4) is 0 Å². The monoisotopic (exact) mass is 265 g/mol. The van der Waals surface area contributed by atoms with Gasteiger partial charge in [-0.2, -0.15) is 0 Å². The first-order chi connectivity index (χ1) is 8.91. The zero-order valence-electron chi connectivity index (χ0n) is 11.8. The van der Waals surface area contributed by atoms with Crippen LogP contribution in [0.25, 0.3) is 0 Å². The molecule has 0 radical (unpaired) electrons. The van der Waals surface area contributed by atoms with Gasteiger partial charge in [-0.25, -0.2) is 0 Å². The highest BCUT2D eigenvalue weighted by atomic mass is 16.5. The van der Waals surface area contributed by atoms with Crippen molar-refractivity contribution in [1.82, 2.24) is 0 Å². The summed E-state index contributed by atoms with van der Waals surface area (Å²) >= 11 is 0. The fourth-order valence-corrected chi connectivity index (χ4v) is 2.55. The molecule has 0 spiro atoms. The minimum absolute atomic E-state index is 0.0334. The van der Waals surface area contributed by atoms with Crippen molar-refractivity contribution in [2.24, 2.45) is 0 Å². The summed E-state index contributed by atoms with van der Waals surface area (Å²) < 4.78 is 5.80. The molecule has 2 rings (SSSR count). The van der Waals surface area contributed by atoms with Crippen molar-refractivity contribution in [2.45, 2.75) is 38.6 Å². The quantitative estimate of drug-likeness (QED) is 0.873. The van der Waals surface area contributed by atoms with Crippen LogP contribution in [-0.4, -0.2) is 41.6 Å². The Labute approximate surface area is 114 Å². The predicted octanol–water partition coefficient (Wildman–Crippen LogP) is 1.72. The Bertz CT molecular complexity index is 414. The molecule has 1 heterocycles. The van der Waals surface area contributed by atoms with E-state index < -0.39 is 6.10 Å². The molecule has 1 aromatic carbocycles. The van der Waals surface area contributed by atoms with E-state index in [9.17, 15) is 10.2 Å². The standard InChI is InChI=1S/C15H23NO3/c1-11(18)12-4-6-13(7-5-12)16-8-14(9-17)19-15(2,3)10-16/h4-7,11,14,17-18H,8-10H2,1-3H3/t11-,14?/m1/s1. The molecule has 1 unspecified atom stereocenters. The van der Waals surface area contributed by atoms with Gasteiger partial charge < -0.3 is 19.8 Å². The molecule has 1 saturated heterocycles. The van der Waals surface area contributed by atoms with Gasteiger partial charge in [-0.05, 0) is 38.5 Å². The maximum atomic E-state index is 9.52. The summed E-state index contributed by atoms with van der Waals surface area (Å²) in [6.45, 7) is 7.34. The van der Waals surface area contributed by atoms with E-state index in [1.165, 1.54) is 0 Å². The van der Waals surface area contributed by atoms with Crippen LogP contribution in [0.2, 0.25) is 0 Å². The summed E-state index contributed by atoms with van der Waals surface area (Å²) in [6, 6.07) is 7.91. The second-order valence-electron chi connectivity index (χ2n) is 5.83. The first-order valence-electron chi connectivity index (χ1n) is 6.73. The Morgan fingerprint density at radius 1 is 1.37 bits per heavy atom. The Morgan fingerprint density at radius 2 is 2.00 bits per heavy atom. The normalized spacial score (nSPS) is 24.3. The van der Waals surface area contributed by atoms with Gasteiger partial charge in [0.25, 0.3) is 0 Å². The van der Waals surface area contributed by atoms with E-state index in [2.05, 4.69) is 4.90 Å². The molecule has 0 saturated carbocycles. The van der Waals surface area contributed by atoms with Gasteiger partial charge in [0, 0.05) is 18.8 Å². The number of rotatable bonds is 3. The van der Waals surface area contributed by atoms with Crippen LogP contribution in [0, 0.1) is 0 Å². The Morgan fingerprint density at radius 3 is 2.53 bits per heavy atom. The maximum Gasteiger partial charge on any atom is 0.0988 e. The zero-order valence-corrected chi connectivity index (χ0v) is 11.8. The van der Waals surface area contributed by atoms with Crippen LogP contribution in [0.1, 0.15) is 32.4 Å². The molecule has 2 N–H and O–H groups in total. The summed E-state index contributed by atoms with van der Waals surface area (Å²) in [7, 11) is 0. The van der Waals surface area contributed by atoms with E-state index in [0.29, 0.717) is 6.54 Å². The van der Waals surface area contributed by atoms with E-state index in [-0.39, 0.29) is 18.3 Å². The molecule has 0 bridgehead atoms. The van der Waals surface area contributed by atoms with Crippen LogP contribution in [0.15, 0.2) is 24.3 Å². The molecule has 1 aliphatic heterocycles. The summed E-state index contributed by atoms with van der Waals surface area (Å²) in [4.78, 5) is 2.22. The number of hydrogen-bond donors (Lipinski definition) is 2. The van der Waals surface area contributed by atoms with Crippen molar-refractivity contribution in [3.05, 3.63) is 29.8 Å². The van der Waals surface area contributed by atoms with Crippen molar-refractivity contribution in [1.29, 1.82) is 0 Å². The SMILES string of the molecule is C[C@@H](O)c1ccc(N2CC(CO)OC(C)(C)C2)cc1. The fraction of sp³-hybridized carbons (Fsp3) is 0.600. The highest BCUT2D eigenvalue weighted by molar-refractivity contribution is 5.48. The van der Waals surface area contributed by atoms with Crippen LogP contribution in [0.5, 0.6) is 0 Å². The summed E-state index contributed by atoms with van der Waals surface area (Å²) in [5.74, 6) is 0. The highest BCUT2D eigenvalue weighted by Crippen LogP contribution is 2.27. The second kappa shape index (κ2) is 5.49. The van der Waals surface area contributed by atoms with Crippen LogP contribution < -0.4 is 4.90 Å². The number of aliphatic hydroxyl groups excluding tert-OH is 2. The number of ether oxygens (including phenoxy) is 1. The van der Waals surface area contributed by atoms with Gasteiger partial charge in [0.15, 0.2) is 0 Å². The largest absolute Gasteiger partial charge is 0.394 e. The van der Waals surface area contributed by atoms with Crippen LogP contribution in [-0.2, 0) is 4.74 Å². The topological polar surface area (TPSA) is 52.9 Å². The van der Waals surface area contributed by atoms with Gasteiger partial charge in [0.05, 0.1) is 24.4 Å². The van der Waals surface area contributed by atoms with Crippen LogP contribution in [0.3, 0.4) is 0 Å². The average Bonchev–Trinajstić information content (AvgIpc) is 2.37. The molecule has 1 aromatic rings. The van der Waals surface area contributed by atoms with E-state index >= 15 is 0 Å². The number of nitrogens with zero attached hydrogens (tertiary/aromatic N) is 1. The predicted molar refractivity (Wildman–Crippen MR) is 75.3 cm³/mol. The molecule has 1 fully saturated rings. The maximum absolute atomic E-state index is 9.52. The average molecular weight is 265 g/mol.